The third-order valence-electron chi connectivity index (χ3n) is 4.49. The van der Waals surface area contributed by atoms with E-state index in [1.54, 1.807) is 12.1 Å². The monoisotopic (exact) mass is 307 g/mol. The van der Waals surface area contributed by atoms with Gasteiger partial charge in [-0.2, -0.15) is 0 Å². The Hall–Kier alpha value is -1.46. The quantitative estimate of drug-likeness (QED) is 0.875. The van der Waals surface area contributed by atoms with Gasteiger partial charge in [0.15, 0.2) is 0 Å². The fourth-order valence-electron chi connectivity index (χ4n) is 2.96. The molecule has 122 valence electrons. The predicted molar refractivity (Wildman–Crippen MR) is 85.8 cm³/mol. The molecular formula is C17H26FN3O. The van der Waals surface area contributed by atoms with E-state index in [-0.39, 0.29) is 23.8 Å². The number of benzene rings is 1. The van der Waals surface area contributed by atoms with Crippen LogP contribution in [0.1, 0.15) is 38.3 Å². The van der Waals surface area contributed by atoms with Gasteiger partial charge in [0.2, 0.25) is 5.91 Å². The summed E-state index contributed by atoms with van der Waals surface area (Å²) in [5.74, 6) is 0.313. The van der Waals surface area contributed by atoms with Gasteiger partial charge in [-0.05, 0) is 63.4 Å². The Morgan fingerprint density at radius 1 is 1.32 bits per heavy atom. The number of carbonyl (C=O) groups excluding carboxylic acids is 1. The summed E-state index contributed by atoms with van der Waals surface area (Å²) >= 11 is 0. The van der Waals surface area contributed by atoms with Crippen LogP contribution in [-0.2, 0) is 4.79 Å². The van der Waals surface area contributed by atoms with E-state index in [1.165, 1.54) is 12.1 Å². The Morgan fingerprint density at radius 2 is 1.91 bits per heavy atom. The summed E-state index contributed by atoms with van der Waals surface area (Å²) < 4.78 is 12.9. The molecule has 0 bridgehead atoms. The lowest BCUT2D eigenvalue weighted by atomic mass is 9.91. The zero-order valence-electron chi connectivity index (χ0n) is 13.4. The number of nitrogens with zero attached hydrogens (tertiary/aromatic N) is 1. The lowest BCUT2D eigenvalue weighted by molar-refractivity contribution is -0.123. The highest BCUT2D eigenvalue weighted by Crippen LogP contribution is 2.19. The Labute approximate surface area is 131 Å². The van der Waals surface area contributed by atoms with Gasteiger partial charge in [-0.1, -0.05) is 12.1 Å². The number of amides is 1. The lowest BCUT2D eigenvalue weighted by Crippen LogP contribution is -2.44. The number of hydrogen-bond donors (Lipinski definition) is 2. The van der Waals surface area contributed by atoms with Crippen LogP contribution < -0.4 is 11.1 Å². The zero-order chi connectivity index (χ0) is 16.1. The van der Waals surface area contributed by atoms with Crippen molar-refractivity contribution < 1.29 is 9.18 Å². The first-order valence-electron chi connectivity index (χ1n) is 7.98. The van der Waals surface area contributed by atoms with Crippen molar-refractivity contribution in [1.29, 1.82) is 0 Å². The van der Waals surface area contributed by atoms with Crippen molar-refractivity contribution in [1.82, 2.24) is 10.2 Å². The highest BCUT2D eigenvalue weighted by atomic mass is 19.1. The topological polar surface area (TPSA) is 58.4 Å². The van der Waals surface area contributed by atoms with Crippen molar-refractivity contribution in [2.45, 2.75) is 38.8 Å². The van der Waals surface area contributed by atoms with Crippen LogP contribution in [0.4, 0.5) is 4.39 Å². The number of hydrogen-bond acceptors (Lipinski definition) is 3. The minimum atomic E-state index is -0.265. The van der Waals surface area contributed by atoms with Crippen LogP contribution in [0.25, 0.3) is 0 Å². The van der Waals surface area contributed by atoms with Gasteiger partial charge in [0.25, 0.3) is 0 Å². The van der Waals surface area contributed by atoms with Crippen LogP contribution >= 0.6 is 0 Å². The molecule has 1 aliphatic heterocycles. The first-order chi connectivity index (χ1) is 10.5. The van der Waals surface area contributed by atoms with E-state index in [9.17, 15) is 9.18 Å². The van der Waals surface area contributed by atoms with Crippen LogP contribution in [0.15, 0.2) is 24.3 Å². The molecule has 0 spiro atoms. The molecular weight excluding hydrogens is 281 g/mol. The van der Waals surface area contributed by atoms with Gasteiger partial charge in [-0.3, -0.25) is 9.69 Å². The van der Waals surface area contributed by atoms with Gasteiger partial charge in [-0.15, -0.1) is 0 Å². The molecule has 0 saturated carbocycles. The maximum absolute atomic E-state index is 12.9. The normalized spacial score (nSPS) is 19.6. The maximum Gasteiger partial charge on any atom is 0.234 e. The lowest BCUT2D eigenvalue weighted by Gasteiger charge is -2.33. The summed E-state index contributed by atoms with van der Waals surface area (Å²) in [7, 11) is 0. The van der Waals surface area contributed by atoms with Gasteiger partial charge < -0.3 is 11.1 Å². The molecule has 22 heavy (non-hydrogen) atoms. The van der Waals surface area contributed by atoms with Crippen LogP contribution in [0.2, 0.25) is 0 Å². The van der Waals surface area contributed by atoms with Crippen molar-refractivity contribution in [3.63, 3.8) is 0 Å². The van der Waals surface area contributed by atoms with Crippen LogP contribution in [0.5, 0.6) is 0 Å². The average molecular weight is 307 g/mol. The van der Waals surface area contributed by atoms with Crippen molar-refractivity contribution in [3.8, 4) is 0 Å². The SMILES string of the molecule is CC(NC(=O)CN1CCC(C(C)N)CC1)c1ccc(F)cc1. The van der Waals surface area contributed by atoms with Crippen LogP contribution in [0.3, 0.4) is 0 Å². The highest BCUT2D eigenvalue weighted by molar-refractivity contribution is 5.78. The molecule has 2 atom stereocenters. The second kappa shape index (κ2) is 7.70. The number of nitrogens with two attached hydrogens (primary N) is 1. The molecule has 1 amide bonds. The molecule has 3 N–H and O–H groups in total. The number of halogens is 1. The van der Waals surface area contributed by atoms with E-state index in [1.807, 2.05) is 6.92 Å². The van der Waals surface area contributed by atoms with Gasteiger partial charge in [0.1, 0.15) is 5.82 Å². The summed E-state index contributed by atoms with van der Waals surface area (Å²) in [5.41, 5.74) is 6.84. The van der Waals surface area contributed by atoms with Gasteiger partial charge >= 0.3 is 0 Å². The first kappa shape index (κ1) is 16.9. The molecule has 0 radical (unpaired) electrons. The van der Waals surface area contributed by atoms with E-state index >= 15 is 0 Å². The summed E-state index contributed by atoms with van der Waals surface area (Å²) in [6, 6.07) is 6.35. The van der Waals surface area contributed by atoms with E-state index in [4.69, 9.17) is 5.73 Å². The first-order valence-corrected chi connectivity index (χ1v) is 7.98. The standard InChI is InChI=1S/C17H26FN3O/c1-12(19)14-7-9-21(10-8-14)11-17(22)20-13(2)15-3-5-16(18)6-4-15/h3-6,12-14H,7-11,19H2,1-2H3,(H,20,22). The molecule has 2 unspecified atom stereocenters. The summed E-state index contributed by atoms with van der Waals surface area (Å²) in [5, 5.41) is 2.97. The number of carbonyl (C=O) groups is 1. The Bertz CT molecular complexity index is 481. The number of rotatable bonds is 5. The molecule has 1 aromatic rings. The second-order valence-electron chi connectivity index (χ2n) is 6.31. The van der Waals surface area contributed by atoms with Crippen molar-refractivity contribution in [2.75, 3.05) is 19.6 Å². The minimum Gasteiger partial charge on any atom is -0.348 e. The van der Waals surface area contributed by atoms with E-state index in [0.717, 1.165) is 31.5 Å². The minimum absolute atomic E-state index is 0.0103. The smallest absolute Gasteiger partial charge is 0.234 e. The van der Waals surface area contributed by atoms with Gasteiger partial charge in [-0.25, -0.2) is 4.39 Å². The molecule has 1 fully saturated rings. The zero-order valence-corrected chi connectivity index (χ0v) is 13.4. The molecule has 1 aromatic carbocycles. The van der Waals surface area contributed by atoms with E-state index < -0.39 is 0 Å². The molecule has 0 aliphatic carbocycles. The third-order valence-corrected chi connectivity index (χ3v) is 4.49. The molecule has 1 saturated heterocycles. The summed E-state index contributed by atoms with van der Waals surface area (Å²) in [6.07, 6.45) is 2.11. The third kappa shape index (κ3) is 4.78. The van der Waals surface area contributed by atoms with Crippen LogP contribution in [0, 0.1) is 11.7 Å². The van der Waals surface area contributed by atoms with E-state index in [0.29, 0.717) is 12.5 Å². The van der Waals surface area contributed by atoms with Crippen molar-refractivity contribution in [2.24, 2.45) is 11.7 Å². The largest absolute Gasteiger partial charge is 0.348 e. The maximum atomic E-state index is 12.9. The molecule has 1 heterocycles. The molecule has 1 aliphatic rings. The molecule has 0 aromatic heterocycles. The van der Waals surface area contributed by atoms with Crippen molar-refractivity contribution >= 4 is 5.91 Å². The van der Waals surface area contributed by atoms with Gasteiger partial charge in [0.05, 0.1) is 12.6 Å². The van der Waals surface area contributed by atoms with Crippen LogP contribution in [-0.4, -0.2) is 36.5 Å². The number of likely N-dealkylation sites (tertiary alicyclic amines) is 1. The molecule has 2 rings (SSSR count). The summed E-state index contributed by atoms with van der Waals surface area (Å²) in [6.45, 7) is 6.22. The second-order valence-corrected chi connectivity index (χ2v) is 6.31. The number of piperidine rings is 1. The Kier molecular flexibility index (Phi) is 5.91. The van der Waals surface area contributed by atoms with E-state index in [2.05, 4.69) is 17.1 Å². The average Bonchev–Trinajstić information content (AvgIpc) is 2.48. The predicted octanol–water partition coefficient (Wildman–Crippen LogP) is 2.06. The Balaban J connectivity index is 1.77. The van der Waals surface area contributed by atoms with Gasteiger partial charge in [0, 0.05) is 6.04 Å². The van der Waals surface area contributed by atoms with Crippen molar-refractivity contribution in [3.05, 3.63) is 35.6 Å². The fraction of sp³-hybridized carbons (Fsp3) is 0.588. The fourth-order valence-corrected chi connectivity index (χ4v) is 2.96. The molecule has 4 nitrogen and oxygen atoms in total. The Morgan fingerprint density at radius 3 is 2.45 bits per heavy atom. The molecule has 5 heteroatoms. The summed E-state index contributed by atoms with van der Waals surface area (Å²) in [4.78, 5) is 14.3. The highest BCUT2D eigenvalue weighted by Gasteiger charge is 2.23. The number of nitrogens with one attached hydrogen (secondary N) is 1.